The fraction of sp³-hybridized carbons (Fsp3) is 0.714. The van der Waals surface area contributed by atoms with Crippen LogP contribution in [0.15, 0.2) is 6.20 Å². The fourth-order valence-electron chi connectivity index (χ4n) is 2.43. The molecule has 0 unspecified atom stereocenters. The highest BCUT2D eigenvalue weighted by Gasteiger charge is 2.36. The van der Waals surface area contributed by atoms with Crippen LogP contribution in [-0.2, 0) is 0 Å². The Balaban J connectivity index is 1.98. The van der Waals surface area contributed by atoms with Crippen LogP contribution in [-0.4, -0.2) is 34.3 Å². The van der Waals surface area contributed by atoms with Crippen LogP contribution in [0.1, 0.15) is 39.5 Å². The number of halogens is 1. The van der Waals surface area contributed by atoms with Gasteiger partial charge in [0.2, 0.25) is 5.95 Å². The Morgan fingerprint density at radius 2 is 1.95 bits per heavy atom. The summed E-state index contributed by atoms with van der Waals surface area (Å²) in [5.41, 5.74) is -0.502. The second-order valence-corrected chi connectivity index (χ2v) is 6.38. The molecule has 0 radical (unpaired) electrons. The minimum atomic E-state index is -0.785. The molecular weight excluding hydrogens is 259 g/mol. The minimum absolute atomic E-state index is 0.127. The maximum Gasteiger partial charge on any atom is 0.224 e. The summed E-state index contributed by atoms with van der Waals surface area (Å²) in [4.78, 5) is 7.80. The first-order valence-electron chi connectivity index (χ1n) is 7.00. The molecule has 0 bridgehead atoms. The topological polar surface area (TPSA) is 70.1 Å². The van der Waals surface area contributed by atoms with E-state index in [4.69, 9.17) is 0 Å². The number of hydrogen-bond donors (Lipinski definition) is 3. The summed E-state index contributed by atoms with van der Waals surface area (Å²) in [5.74, 6) is -0.0305. The van der Waals surface area contributed by atoms with E-state index in [-0.39, 0.29) is 11.2 Å². The highest BCUT2D eigenvalue weighted by molar-refractivity contribution is 5.41. The maximum atomic E-state index is 13.6. The summed E-state index contributed by atoms with van der Waals surface area (Å²) < 4.78 is 13.6. The van der Waals surface area contributed by atoms with Gasteiger partial charge in [0, 0.05) is 13.6 Å². The number of aromatic nitrogens is 2. The fourth-order valence-corrected chi connectivity index (χ4v) is 2.43. The van der Waals surface area contributed by atoms with E-state index in [1.165, 1.54) is 0 Å². The smallest absolute Gasteiger partial charge is 0.224 e. The van der Waals surface area contributed by atoms with E-state index in [2.05, 4.69) is 34.4 Å². The lowest BCUT2D eigenvalue weighted by atomic mass is 9.71. The molecule has 0 atom stereocenters. The summed E-state index contributed by atoms with van der Waals surface area (Å²) >= 11 is 0. The van der Waals surface area contributed by atoms with Gasteiger partial charge in [0.05, 0.1) is 11.8 Å². The standard InChI is InChI=1S/C14H23FN4O/c1-13(2)4-6-14(20,7-5-13)9-18-11-10(15)8-17-12(16-3)19-11/h8,20H,4-7,9H2,1-3H3,(H2,16,17,18,19). The van der Waals surface area contributed by atoms with Gasteiger partial charge in [-0.1, -0.05) is 13.8 Å². The van der Waals surface area contributed by atoms with Crippen LogP contribution < -0.4 is 10.6 Å². The van der Waals surface area contributed by atoms with Gasteiger partial charge in [0.25, 0.3) is 0 Å². The average molecular weight is 282 g/mol. The van der Waals surface area contributed by atoms with Gasteiger partial charge in [0.1, 0.15) is 0 Å². The Hall–Kier alpha value is -1.43. The van der Waals surface area contributed by atoms with Crippen molar-refractivity contribution in [3.63, 3.8) is 0 Å². The van der Waals surface area contributed by atoms with E-state index >= 15 is 0 Å². The van der Waals surface area contributed by atoms with Gasteiger partial charge in [-0.2, -0.15) is 4.98 Å². The first-order valence-corrected chi connectivity index (χ1v) is 7.00. The Morgan fingerprint density at radius 1 is 1.30 bits per heavy atom. The quantitative estimate of drug-likeness (QED) is 0.791. The first kappa shape index (κ1) is 15.0. The number of anilines is 2. The molecule has 1 aliphatic carbocycles. The lowest BCUT2D eigenvalue weighted by Crippen LogP contribution is -2.42. The van der Waals surface area contributed by atoms with E-state index in [9.17, 15) is 9.50 Å². The SMILES string of the molecule is CNc1ncc(F)c(NCC2(O)CCC(C)(C)CC2)n1. The third-order valence-corrected chi connectivity index (χ3v) is 4.09. The average Bonchev–Trinajstić information content (AvgIpc) is 2.42. The van der Waals surface area contributed by atoms with Gasteiger partial charge in [0.15, 0.2) is 11.6 Å². The minimum Gasteiger partial charge on any atom is -0.388 e. The highest BCUT2D eigenvalue weighted by Crippen LogP contribution is 2.40. The molecule has 1 saturated carbocycles. The van der Waals surface area contributed by atoms with Crippen molar-refractivity contribution in [1.29, 1.82) is 0 Å². The Bertz CT molecular complexity index is 468. The molecule has 2 rings (SSSR count). The zero-order valence-electron chi connectivity index (χ0n) is 12.3. The zero-order valence-corrected chi connectivity index (χ0v) is 12.3. The molecule has 20 heavy (non-hydrogen) atoms. The number of nitrogens with zero attached hydrogens (tertiary/aromatic N) is 2. The van der Waals surface area contributed by atoms with Gasteiger partial charge >= 0.3 is 0 Å². The third-order valence-electron chi connectivity index (χ3n) is 4.09. The normalized spacial score (nSPS) is 20.4. The molecular formula is C14H23FN4O. The van der Waals surface area contributed by atoms with E-state index in [1.54, 1.807) is 7.05 Å². The summed E-state index contributed by atoms with van der Waals surface area (Å²) in [6, 6.07) is 0. The Morgan fingerprint density at radius 3 is 2.55 bits per heavy atom. The molecule has 3 N–H and O–H groups in total. The zero-order chi connectivity index (χ0) is 14.8. The largest absolute Gasteiger partial charge is 0.388 e. The van der Waals surface area contributed by atoms with Gasteiger partial charge < -0.3 is 15.7 Å². The molecule has 0 amide bonds. The predicted octanol–water partition coefficient (Wildman–Crippen LogP) is 2.40. The van der Waals surface area contributed by atoms with E-state index in [0.29, 0.717) is 12.5 Å². The van der Waals surface area contributed by atoms with Crippen LogP contribution in [0.2, 0.25) is 0 Å². The van der Waals surface area contributed by atoms with Crippen molar-refractivity contribution in [3.05, 3.63) is 12.0 Å². The second kappa shape index (κ2) is 5.52. The van der Waals surface area contributed by atoms with Crippen molar-refractivity contribution in [3.8, 4) is 0 Å². The molecule has 1 aromatic heterocycles. The third kappa shape index (κ3) is 3.56. The van der Waals surface area contributed by atoms with Crippen molar-refractivity contribution in [2.75, 3.05) is 24.2 Å². The van der Waals surface area contributed by atoms with Crippen LogP contribution in [0.5, 0.6) is 0 Å². The van der Waals surface area contributed by atoms with E-state index in [1.807, 2.05) is 0 Å². The van der Waals surface area contributed by atoms with Crippen LogP contribution >= 0.6 is 0 Å². The maximum absolute atomic E-state index is 13.6. The predicted molar refractivity (Wildman–Crippen MR) is 77.2 cm³/mol. The summed E-state index contributed by atoms with van der Waals surface area (Å²) in [7, 11) is 1.67. The molecule has 0 aromatic carbocycles. The molecule has 0 spiro atoms. The van der Waals surface area contributed by atoms with Crippen molar-refractivity contribution in [2.24, 2.45) is 5.41 Å². The highest BCUT2D eigenvalue weighted by atomic mass is 19.1. The van der Waals surface area contributed by atoms with Crippen LogP contribution in [0.25, 0.3) is 0 Å². The van der Waals surface area contributed by atoms with Crippen LogP contribution in [0.3, 0.4) is 0 Å². The molecule has 1 aliphatic rings. The molecule has 6 heteroatoms. The van der Waals surface area contributed by atoms with Crippen molar-refractivity contribution >= 4 is 11.8 Å². The Labute approximate surface area is 119 Å². The second-order valence-electron chi connectivity index (χ2n) is 6.38. The van der Waals surface area contributed by atoms with E-state index < -0.39 is 11.4 Å². The van der Waals surface area contributed by atoms with Gasteiger partial charge in [-0.3, -0.25) is 0 Å². The van der Waals surface area contributed by atoms with E-state index in [0.717, 1.165) is 31.9 Å². The summed E-state index contributed by atoms with van der Waals surface area (Å²) in [5, 5.41) is 16.2. The van der Waals surface area contributed by atoms with Gasteiger partial charge in [-0.05, 0) is 31.1 Å². The molecule has 1 aromatic rings. The van der Waals surface area contributed by atoms with Crippen molar-refractivity contribution in [1.82, 2.24) is 9.97 Å². The first-order chi connectivity index (χ1) is 9.34. The number of nitrogens with one attached hydrogen (secondary N) is 2. The van der Waals surface area contributed by atoms with Crippen LogP contribution in [0, 0.1) is 11.2 Å². The molecule has 5 nitrogen and oxygen atoms in total. The summed E-state index contributed by atoms with van der Waals surface area (Å²) in [6.45, 7) is 4.73. The Kier molecular flexibility index (Phi) is 4.13. The molecule has 1 heterocycles. The van der Waals surface area contributed by atoms with Gasteiger partial charge in [-0.15, -0.1) is 0 Å². The van der Waals surface area contributed by atoms with Crippen molar-refractivity contribution in [2.45, 2.75) is 45.1 Å². The number of hydrogen-bond acceptors (Lipinski definition) is 5. The number of aliphatic hydroxyl groups is 1. The molecule has 112 valence electrons. The lowest BCUT2D eigenvalue weighted by molar-refractivity contribution is -0.0146. The molecule has 0 aliphatic heterocycles. The molecule has 0 saturated heterocycles. The van der Waals surface area contributed by atoms with Crippen LogP contribution in [0.4, 0.5) is 16.2 Å². The lowest BCUT2D eigenvalue weighted by Gasteiger charge is -2.40. The monoisotopic (exact) mass is 282 g/mol. The summed E-state index contributed by atoms with van der Waals surface area (Å²) in [6.07, 6.45) is 4.50. The molecule has 1 fully saturated rings. The van der Waals surface area contributed by atoms with Crippen molar-refractivity contribution < 1.29 is 9.50 Å². The van der Waals surface area contributed by atoms with Gasteiger partial charge in [-0.25, -0.2) is 9.37 Å². The number of rotatable bonds is 4.